The lowest BCUT2D eigenvalue weighted by molar-refractivity contribution is 0.0434. The van der Waals surface area contributed by atoms with Gasteiger partial charge in [-0.25, -0.2) is 18.4 Å². The standard InChI is InChI=1S/C23H24ClF2N5O/c1-16-3-5-18(29-21(16)31-10-2-9-28-31)14-27-15-23(26)7-11-30(12-8-23)22(32)17-4-6-20(25)19(24)13-17/h2-6,9-10,13,27H,7-8,11-12,14-15H2,1H3. The van der Waals surface area contributed by atoms with E-state index in [1.807, 2.05) is 31.3 Å². The summed E-state index contributed by atoms with van der Waals surface area (Å²) in [6.45, 7) is 3.14. The number of nitrogens with one attached hydrogen (secondary N) is 1. The summed E-state index contributed by atoms with van der Waals surface area (Å²) in [5.74, 6) is -0.0931. The third kappa shape index (κ3) is 4.97. The second-order valence-electron chi connectivity index (χ2n) is 8.07. The van der Waals surface area contributed by atoms with Gasteiger partial charge in [-0.2, -0.15) is 5.10 Å². The van der Waals surface area contributed by atoms with E-state index in [-0.39, 0.29) is 43.4 Å². The van der Waals surface area contributed by atoms with Gasteiger partial charge in [-0.1, -0.05) is 17.7 Å². The number of aryl methyl sites for hydroxylation is 1. The second kappa shape index (κ2) is 9.34. The zero-order valence-electron chi connectivity index (χ0n) is 17.7. The zero-order chi connectivity index (χ0) is 22.7. The number of hydrogen-bond donors (Lipinski definition) is 1. The molecule has 0 atom stereocenters. The van der Waals surface area contributed by atoms with Crippen molar-refractivity contribution >= 4 is 17.5 Å². The molecule has 0 bridgehead atoms. The predicted octanol–water partition coefficient (Wildman–Crippen LogP) is 4.10. The summed E-state index contributed by atoms with van der Waals surface area (Å²) in [4.78, 5) is 18.8. The van der Waals surface area contributed by atoms with Gasteiger partial charge in [0.25, 0.3) is 5.91 Å². The summed E-state index contributed by atoms with van der Waals surface area (Å²) in [5.41, 5.74) is 0.691. The van der Waals surface area contributed by atoms with E-state index in [9.17, 15) is 9.18 Å². The van der Waals surface area contributed by atoms with Gasteiger partial charge in [0.2, 0.25) is 0 Å². The van der Waals surface area contributed by atoms with Crippen LogP contribution in [0.1, 0.15) is 34.5 Å². The van der Waals surface area contributed by atoms with Gasteiger partial charge in [0.15, 0.2) is 5.82 Å². The number of pyridine rings is 1. The van der Waals surface area contributed by atoms with Crippen LogP contribution in [0.3, 0.4) is 0 Å². The molecule has 1 aliphatic rings. The van der Waals surface area contributed by atoms with Crippen LogP contribution in [0, 0.1) is 12.7 Å². The molecule has 1 N–H and O–H groups in total. The maximum Gasteiger partial charge on any atom is 0.253 e. The molecular formula is C23H24ClF2N5O. The lowest BCUT2D eigenvalue weighted by atomic mass is 9.92. The molecule has 3 aromatic rings. The lowest BCUT2D eigenvalue weighted by Crippen LogP contribution is -2.48. The van der Waals surface area contributed by atoms with Crippen LogP contribution in [0.25, 0.3) is 5.82 Å². The highest BCUT2D eigenvalue weighted by Gasteiger charge is 2.36. The monoisotopic (exact) mass is 459 g/mol. The number of aromatic nitrogens is 3. The maximum absolute atomic E-state index is 15.3. The molecule has 0 unspecified atom stereocenters. The first-order valence-electron chi connectivity index (χ1n) is 10.5. The van der Waals surface area contributed by atoms with Crippen molar-refractivity contribution in [3.8, 4) is 5.82 Å². The fraction of sp³-hybridized carbons (Fsp3) is 0.348. The van der Waals surface area contributed by atoms with Crippen molar-refractivity contribution in [1.82, 2.24) is 25.0 Å². The fourth-order valence-corrected chi connectivity index (χ4v) is 3.98. The topological polar surface area (TPSA) is 63.1 Å². The van der Waals surface area contributed by atoms with Crippen molar-refractivity contribution in [3.05, 3.63) is 76.5 Å². The average molecular weight is 460 g/mol. The van der Waals surface area contributed by atoms with Crippen LogP contribution in [0.2, 0.25) is 5.02 Å². The van der Waals surface area contributed by atoms with Gasteiger partial charge >= 0.3 is 0 Å². The van der Waals surface area contributed by atoms with Gasteiger partial charge in [0.1, 0.15) is 11.5 Å². The molecule has 1 aliphatic heterocycles. The zero-order valence-corrected chi connectivity index (χ0v) is 18.4. The number of halogens is 3. The van der Waals surface area contributed by atoms with Crippen LogP contribution < -0.4 is 5.32 Å². The molecule has 3 heterocycles. The Kier molecular flexibility index (Phi) is 6.53. The summed E-state index contributed by atoms with van der Waals surface area (Å²) >= 11 is 5.77. The van der Waals surface area contributed by atoms with Gasteiger partial charge in [0.05, 0.1) is 10.7 Å². The minimum atomic E-state index is -1.41. The molecule has 2 aromatic heterocycles. The normalized spacial score (nSPS) is 15.7. The van der Waals surface area contributed by atoms with Crippen molar-refractivity contribution in [1.29, 1.82) is 0 Å². The molecule has 1 fully saturated rings. The molecule has 0 spiro atoms. The van der Waals surface area contributed by atoms with Crippen LogP contribution in [-0.4, -0.2) is 50.9 Å². The highest BCUT2D eigenvalue weighted by Crippen LogP contribution is 2.27. The Hall–Kier alpha value is -2.84. The molecule has 1 amide bonds. The number of nitrogens with zero attached hydrogens (tertiary/aromatic N) is 4. The summed E-state index contributed by atoms with van der Waals surface area (Å²) < 4.78 is 30.3. The van der Waals surface area contributed by atoms with Crippen LogP contribution >= 0.6 is 11.6 Å². The SMILES string of the molecule is Cc1ccc(CNCC2(F)CCN(C(=O)c3ccc(F)c(Cl)c3)CC2)nc1-n1cccn1. The molecular weight excluding hydrogens is 436 g/mol. The molecule has 4 rings (SSSR count). The van der Waals surface area contributed by atoms with Crippen molar-refractivity contribution in [3.63, 3.8) is 0 Å². The van der Waals surface area contributed by atoms with E-state index in [4.69, 9.17) is 11.6 Å². The Morgan fingerprint density at radius 2 is 2.03 bits per heavy atom. The number of benzene rings is 1. The Morgan fingerprint density at radius 1 is 1.25 bits per heavy atom. The van der Waals surface area contributed by atoms with Crippen LogP contribution in [0.15, 0.2) is 48.8 Å². The highest BCUT2D eigenvalue weighted by molar-refractivity contribution is 6.31. The van der Waals surface area contributed by atoms with Gasteiger partial charge in [-0.15, -0.1) is 0 Å². The Bertz CT molecular complexity index is 1100. The summed E-state index contributed by atoms with van der Waals surface area (Å²) in [5, 5.41) is 7.28. The first kappa shape index (κ1) is 22.4. The Balaban J connectivity index is 1.30. The fourth-order valence-electron chi connectivity index (χ4n) is 3.80. The molecule has 0 aliphatic carbocycles. The van der Waals surface area contributed by atoms with Crippen molar-refractivity contribution < 1.29 is 13.6 Å². The van der Waals surface area contributed by atoms with E-state index in [0.717, 1.165) is 17.1 Å². The van der Waals surface area contributed by atoms with Gasteiger partial charge < -0.3 is 10.2 Å². The highest BCUT2D eigenvalue weighted by atomic mass is 35.5. The van der Waals surface area contributed by atoms with Gasteiger partial charge in [0, 0.05) is 57.0 Å². The molecule has 1 aromatic carbocycles. The third-order valence-electron chi connectivity index (χ3n) is 5.71. The molecule has 9 heteroatoms. The molecule has 0 radical (unpaired) electrons. The minimum Gasteiger partial charge on any atom is -0.338 e. The van der Waals surface area contributed by atoms with Crippen molar-refractivity contribution in [2.24, 2.45) is 0 Å². The minimum absolute atomic E-state index is 0.0997. The summed E-state index contributed by atoms with van der Waals surface area (Å²) in [7, 11) is 0. The predicted molar refractivity (Wildman–Crippen MR) is 118 cm³/mol. The molecule has 0 saturated carbocycles. The van der Waals surface area contributed by atoms with Crippen molar-refractivity contribution in [2.75, 3.05) is 19.6 Å². The van der Waals surface area contributed by atoms with E-state index < -0.39 is 11.5 Å². The number of likely N-dealkylation sites (tertiary alicyclic amines) is 1. The number of carbonyl (C=O) groups is 1. The maximum atomic E-state index is 15.3. The summed E-state index contributed by atoms with van der Waals surface area (Å²) in [6.07, 6.45) is 3.97. The second-order valence-corrected chi connectivity index (χ2v) is 8.48. The Morgan fingerprint density at radius 3 is 2.72 bits per heavy atom. The number of carbonyl (C=O) groups excluding carboxylic acids is 1. The van der Waals surface area contributed by atoms with Crippen LogP contribution in [-0.2, 0) is 6.54 Å². The third-order valence-corrected chi connectivity index (χ3v) is 6.00. The molecule has 6 nitrogen and oxygen atoms in total. The smallest absolute Gasteiger partial charge is 0.253 e. The first-order chi connectivity index (χ1) is 15.3. The van der Waals surface area contributed by atoms with E-state index in [1.54, 1.807) is 15.8 Å². The van der Waals surface area contributed by atoms with E-state index in [0.29, 0.717) is 12.1 Å². The number of alkyl halides is 1. The average Bonchev–Trinajstić information content (AvgIpc) is 3.31. The largest absolute Gasteiger partial charge is 0.338 e. The van der Waals surface area contributed by atoms with E-state index in [2.05, 4.69) is 15.4 Å². The molecule has 1 saturated heterocycles. The van der Waals surface area contributed by atoms with E-state index >= 15 is 4.39 Å². The molecule has 32 heavy (non-hydrogen) atoms. The van der Waals surface area contributed by atoms with Crippen molar-refractivity contribution in [2.45, 2.75) is 32.0 Å². The van der Waals surface area contributed by atoms with E-state index in [1.165, 1.54) is 18.2 Å². The lowest BCUT2D eigenvalue weighted by Gasteiger charge is -2.36. The number of hydrogen-bond acceptors (Lipinski definition) is 4. The number of piperidine rings is 1. The van der Waals surface area contributed by atoms with Gasteiger partial charge in [-0.3, -0.25) is 4.79 Å². The number of amides is 1. The van der Waals surface area contributed by atoms with Gasteiger partial charge in [-0.05, 0) is 42.8 Å². The first-order valence-corrected chi connectivity index (χ1v) is 10.8. The summed E-state index contributed by atoms with van der Waals surface area (Å²) in [6, 6.07) is 9.59. The number of rotatable bonds is 6. The Labute approximate surface area is 190 Å². The quantitative estimate of drug-likeness (QED) is 0.602. The van der Waals surface area contributed by atoms with Crippen LogP contribution in [0.5, 0.6) is 0 Å². The molecule has 168 valence electrons. The van der Waals surface area contributed by atoms with Crippen LogP contribution in [0.4, 0.5) is 8.78 Å².